The van der Waals surface area contributed by atoms with Crippen LogP contribution >= 0.6 is 11.3 Å². The van der Waals surface area contributed by atoms with E-state index in [1.54, 1.807) is 0 Å². The lowest BCUT2D eigenvalue weighted by Gasteiger charge is -2.11. The molecule has 0 unspecified atom stereocenters. The number of nitrogens with zero attached hydrogens (tertiary/aromatic N) is 5. The first kappa shape index (κ1) is 31.1. The van der Waals surface area contributed by atoms with Gasteiger partial charge in [-0.3, -0.25) is 4.40 Å². The van der Waals surface area contributed by atoms with Gasteiger partial charge in [0, 0.05) is 37.5 Å². The zero-order valence-electron chi connectivity index (χ0n) is 29.9. The van der Waals surface area contributed by atoms with Gasteiger partial charge in [0.2, 0.25) is 0 Å². The summed E-state index contributed by atoms with van der Waals surface area (Å²) in [7, 11) is 0. The molecule has 12 rings (SSSR count). The number of benzene rings is 8. The molecule has 0 saturated carbocycles. The highest BCUT2D eigenvalue weighted by atomic mass is 32.1. The molecule has 0 radical (unpaired) electrons. The van der Waals surface area contributed by atoms with Crippen molar-refractivity contribution in [3.63, 3.8) is 0 Å². The summed E-state index contributed by atoms with van der Waals surface area (Å²) in [5.74, 6) is 1.92. The van der Waals surface area contributed by atoms with Gasteiger partial charge in [0.15, 0.2) is 23.1 Å². The maximum atomic E-state index is 5.53. The van der Waals surface area contributed by atoms with Gasteiger partial charge in [0.1, 0.15) is 0 Å². The van der Waals surface area contributed by atoms with Gasteiger partial charge in [-0.25, -0.2) is 19.9 Å². The molecule has 0 fully saturated rings. The van der Waals surface area contributed by atoms with E-state index in [1.807, 2.05) is 72.0 Å². The smallest absolute Gasteiger partial charge is 0.164 e. The number of imidazole rings is 1. The van der Waals surface area contributed by atoms with Crippen LogP contribution in [0.15, 0.2) is 176 Å². The van der Waals surface area contributed by atoms with Crippen LogP contribution in [-0.2, 0) is 0 Å². The van der Waals surface area contributed by atoms with Crippen LogP contribution in [0.3, 0.4) is 0 Å². The van der Waals surface area contributed by atoms with E-state index in [9.17, 15) is 0 Å². The first-order valence-corrected chi connectivity index (χ1v) is 19.5. The molecule has 0 spiro atoms. The van der Waals surface area contributed by atoms with E-state index in [4.69, 9.17) is 19.9 Å². The van der Waals surface area contributed by atoms with Crippen LogP contribution in [0.5, 0.6) is 0 Å². The zero-order valence-corrected chi connectivity index (χ0v) is 30.7. The van der Waals surface area contributed by atoms with Gasteiger partial charge in [-0.1, -0.05) is 164 Å². The van der Waals surface area contributed by atoms with Gasteiger partial charge >= 0.3 is 0 Å². The second-order valence-corrected chi connectivity index (χ2v) is 15.3. The molecule has 5 nitrogen and oxygen atoms in total. The molecule has 0 aliphatic carbocycles. The van der Waals surface area contributed by atoms with Gasteiger partial charge in [-0.2, -0.15) is 0 Å². The summed E-state index contributed by atoms with van der Waals surface area (Å²) in [5.41, 5.74) is 8.05. The molecule has 8 aromatic carbocycles. The van der Waals surface area contributed by atoms with E-state index >= 15 is 0 Å². The fourth-order valence-corrected chi connectivity index (χ4v) is 9.62. The third-order valence-electron chi connectivity index (χ3n) is 11.0. The van der Waals surface area contributed by atoms with Crippen molar-refractivity contribution < 1.29 is 0 Å². The average molecular weight is 732 g/mol. The predicted octanol–water partition coefficient (Wildman–Crippen LogP) is 13.2. The summed E-state index contributed by atoms with van der Waals surface area (Å²) in [6.07, 6.45) is 0. The maximum absolute atomic E-state index is 5.53. The van der Waals surface area contributed by atoms with Crippen LogP contribution in [0, 0.1) is 0 Å². The Morgan fingerprint density at radius 3 is 1.57 bits per heavy atom. The number of pyridine rings is 1. The topological polar surface area (TPSA) is 56.0 Å². The Hall–Kier alpha value is -7.28. The second kappa shape index (κ2) is 12.1. The zero-order chi connectivity index (χ0) is 36.7. The average Bonchev–Trinajstić information content (AvgIpc) is 3.86. The van der Waals surface area contributed by atoms with Gasteiger partial charge < -0.3 is 0 Å². The number of hydrogen-bond donors (Lipinski definition) is 0. The summed E-state index contributed by atoms with van der Waals surface area (Å²) in [4.78, 5) is 20.4. The highest BCUT2D eigenvalue weighted by Gasteiger charge is 2.21. The van der Waals surface area contributed by atoms with Crippen LogP contribution in [-0.4, -0.2) is 24.3 Å². The second-order valence-electron chi connectivity index (χ2n) is 14.2. The summed E-state index contributed by atoms with van der Waals surface area (Å²) in [6.45, 7) is 0. The van der Waals surface area contributed by atoms with Crippen LogP contribution in [0.4, 0.5) is 0 Å². The normalized spacial score (nSPS) is 11.9. The van der Waals surface area contributed by atoms with Gasteiger partial charge in [-0.15, -0.1) is 11.3 Å². The number of fused-ring (bicyclic) bond motifs is 13. The minimum absolute atomic E-state index is 0.632. The van der Waals surface area contributed by atoms with E-state index in [0.717, 1.165) is 50.0 Å². The lowest BCUT2D eigenvalue weighted by atomic mass is 10.0. The van der Waals surface area contributed by atoms with Crippen molar-refractivity contribution in [1.29, 1.82) is 0 Å². The number of rotatable bonds is 4. The fraction of sp³-hybridized carbons (Fsp3) is 0. The Morgan fingerprint density at radius 2 is 0.893 bits per heavy atom. The largest absolute Gasteiger partial charge is 0.291 e. The minimum atomic E-state index is 0.632. The lowest BCUT2D eigenvalue weighted by Crippen LogP contribution is -2.00. The van der Waals surface area contributed by atoms with E-state index in [0.29, 0.717) is 17.5 Å². The SMILES string of the molecule is c1ccc(-c2nc(-c3ccccc3)nc(-c3ccc(-c4cc5c6ccc7ccccc7c6sc5c5nc6c7ccc8ccccc8c7ccc6n45)cc3)n2)cc1. The Morgan fingerprint density at radius 1 is 0.357 bits per heavy atom. The molecule has 0 amide bonds. The van der Waals surface area contributed by atoms with Crippen molar-refractivity contribution in [3.8, 4) is 45.4 Å². The fourth-order valence-electron chi connectivity index (χ4n) is 8.32. The minimum Gasteiger partial charge on any atom is -0.291 e. The Labute approximate surface area is 324 Å². The first-order chi connectivity index (χ1) is 27.7. The molecule has 0 N–H and O–H groups in total. The third kappa shape index (κ3) is 4.73. The molecule has 260 valence electrons. The van der Waals surface area contributed by atoms with Crippen LogP contribution in [0.2, 0.25) is 0 Å². The molecule has 0 bridgehead atoms. The van der Waals surface area contributed by atoms with Crippen molar-refractivity contribution in [2.24, 2.45) is 0 Å². The van der Waals surface area contributed by atoms with Crippen molar-refractivity contribution >= 4 is 80.5 Å². The molecule has 0 aliphatic heterocycles. The molecule has 4 aromatic heterocycles. The van der Waals surface area contributed by atoms with Crippen molar-refractivity contribution in [2.75, 3.05) is 0 Å². The Balaban J connectivity index is 1.10. The van der Waals surface area contributed by atoms with Crippen molar-refractivity contribution in [3.05, 3.63) is 176 Å². The highest BCUT2D eigenvalue weighted by Crippen LogP contribution is 2.44. The highest BCUT2D eigenvalue weighted by molar-refractivity contribution is 7.27. The van der Waals surface area contributed by atoms with E-state index < -0.39 is 0 Å². The molecule has 0 aliphatic rings. The first-order valence-electron chi connectivity index (χ1n) is 18.7. The molecular weight excluding hydrogens is 703 g/mol. The van der Waals surface area contributed by atoms with Crippen LogP contribution in [0.1, 0.15) is 0 Å². The number of thiophene rings is 1. The van der Waals surface area contributed by atoms with Crippen LogP contribution < -0.4 is 0 Å². The molecule has 0 saturated heterocycles. The van der Waals surface area contributed by atoms with E-state index in [1.165, 1.54) is 47.1 Å². The summed E-state index contributed by atoms with van der Waals surface area (Å²) in [6, 6.07) is 62.0. The molecule has 4 heterocycles. The van der Waals surface area contributed by atoms with Crippen molar-refractivity contribution in [2.45, 2.75) is 0 Å². The molecule has 56 heavy (non-hydrogen) atoms. The monoisotopic (exact) mass is 731 g/mol. The summed E-state index contributed by atoms with van der Waals surface area (Å²) in [5, 5.41) is 9.81. The third-order valence-corrected chi connectivity index (χ3v) is 12.3. The standard InChI is InChI=1S/C50H29N5S/c1-3-13-33(14-4-1)47-52-48(34-15-5-2-6-16-34)54-49(53-47)35-21-19-32(20-22-35)43-29-41-40-26-24-31-12-8-10-18-37(31)45(40)56-46(41)50-51-44-39-25-23-30-11-7-9-17-36(30)38(39)27-28-42(44)55(43)50/h1-29H. The van der Waals surface area contributed by atoms with Gasteiger partial charge in [0.25, 0.3) is 0 Å². The molecule has 12 aromatic rings. The molecule has 6 heteroatoms. The van der Waals surface area contributed by atoms with Gasteiger partial charge in [0.05, 0.1) is 21.4 Å². The van der Waals surface area contributed by atoms with Crippen molar-refractivity contribution in [1.82, 2.24) is 24.3 Å². The van der Waals surface area contributed by atoms with E-state index in [2.05, 4.69) is 120 Å². The summed E-state index contributed by atoms with van der Waals surface area (Å²) < 4.78 is 4.84. The lowest BCUT2D eigenvalue weighted by molar-refractivity contribution is 1.07. The predicted molar refractivity (Wildman–Crippen MR) is 233 cm³/mol. The summed E-state index contributed by atoms with van der Waals surface area (Å²) >= 11 is 1.84. The quantitative estimate of drug-likeness (QED) is 0.169. The molecule has 0 atom stereocenters. The molecular formula is C50H29N5S. The Kier molecular flexibility index (Phi) is 6.73. The van der Waals surface area contributed by atoms with E-state index in [-0.39, 0.29) is 0 Å². The number of aromatic nitrogens is 5. The number of hydrogen-bond acceptors (Lipinski definition) is 5. The Bertz CT molecular complexity index is 3460. The van der Waals surface area contributed by atoms with Crippen LogP contribution in [0.25, 0.3) is 115 Å². The maximum Gasteiger partial charge on any atom is 0.164 e. The van der Waals surface area contributed by atoms with Gasteiger partial charge in [-0.05, 0) is 44.6 Å².